The molecule has 0 radical (unpaired) electrons. The van der Waals surface area contributed by atoms with E-state index in [1.807, 2.05) is 55.5 Å². The number of hydrogen-bond acceptors (Lipinski definition) is 4. The molecule has 4 rings (SSSR count). The zero-order valence-corrected chi connectivity index (χ0v) is 17.5. The molecular formula is C24H29N3O2. The average Bonchev–Trinajstić information content (AvgIpc) is 3.04. The number of nitrogens with zero attached hydrogens (tertiary/aromatic N) is 3. The molecule has 5 heteroatoms. The van der Waals surface area contributed by atoms with Crippen molar-refractivity contribution < 1.29 is 4.74 Å². The Morgan fingerprint density at radius 1 is 1.03 bits per heavy atom. The monoisotopic (exact) mass is 391 g/mol. The van der Waals surface area contributed by atoms with Gasteiger partial charge in [0.05, 0.1) is 23.2 Å². The second-order valence-electron chi connectivity index (χ2n) is 8.03. The predicted octanol–water partition coefficient (Wildman–Crippen LogP) is 4.34. The van der Waals surface area contributed by atoms with E-state index in [4.69, 9.17) is 4.74 Å². The molecule has 3 aromatic rings. The fraction of sp³-hybridized carbons (Fsp3) is 0.417. The third-order valence-corrected chi connectivity index (χ3v) is 6.00. The van der Waals surface area contributed by atoms with Crippen LogP contribution in [0.2, 0.25) is 0 Å². The van der Waals surface area contributed by atoms with Crippen molar-refractivity contribution >= 4 is 10.9 Å². The molecule has 1 aromatic heterocycles. The summed E-state index contributed by atoms with van der Waals surface area (Å²) < 4.78 is 7.58. The lowest BCUT2D eigenvalue weighted by Crippen LogP contribution is -2.34. The number of fused-ring (bicyclic) bond motifs is 1. The molecule has 0 saturated carbocycles. The van der Waals surface area contributed by atoms with Crippen molar-refractivity contribution in [2.24, 2.45) is 0 Å². The fourth-order valence-corrected chi connectivity index (χ4v) is 4.37. The minimum absolute atomic E-state index is 0.0457. The quantitative estimate of drug-likeness (QED) is 0.587. The lowest BCUT2D eigenvalue weighted by Gasteiger charge is -2.25. The summed E-state index contributed by atoms with van der Waals surface area (Å²) in [6.07, 6.45) is 3.61. The molecule has 152 valence electrons. The molecule has 1 saturated heterocycles. The third-order valence-electron chi connectivity index (χ3n) is 6.00. The molecule has 2 heterocycles. The normalized spacial score (nSPS) is 19.7. The first kappa shape index (κ1) is 19.6. The Bertz CT molecular complexity index is 1030. The van der Waals surface area contributed by atoms with Gasteiger partial charge in [0.1, 0.15) is 11.6 Å². The summed E-state index contributed by atoms with van der Waals surface area (Å²) in [4.78, 5) is 20.1. The number of ether oxygens (including phenoxy) is 1. The topological polar surface area (TPSA) is 47.4 Å². The van der Waals surface area contributed by atoms with Gasteiger partial charge in [-0.3, -0.25) is 14.3 Å². The zero-order valence-electron chi connectivity index (χ0n) is 17.5. The van der Waals surface area contributed by atoms with E-state index in [-0.39, 0.29) is 5.56 Å². The van der Waals surface area contributed by atoms with E-state index >= 15 is 0 Å². The maximum atomic E-state index is 12.9. The summed E-state index contributed by atoms with van der Waals surface area (Å²) in [5.41, 5.74) is 1.49. The highest BCUT2D eigenvalue weighted by atomic mass is 16.5. The first-order chi connectivity index (χ1) is 14.0. The van der Waals surface area contributed by atoms with Gasteiger partial charge in [0.25, 0.3) is 5.56 Å². The second-order valence-corrected chi connectivity index (χ2v) is 8.03. The Kier molecular flexibility index (Phi) is 5.67. The van der Waals surface area contributed by atoms with E-state index < -0.39 is 0 Å². The first-order valence-corrected chi connectivity index (χ1v) is 10.5. The van der Waals surface area contributed by atoms with Crippen molar-refractivity contribution in [2.75, 3.05) is 13.2 Å². The number of aromatic nitrogens is 2. The summed E-state index contributed by atoms with van der Waals surface area (Å²) in [6.45, 7) is 8.27. The van der Waals surface area contributed by atoms with Crippen LogP contribution in [0, 0.1) is 6.92 Å². The van der Waals surface area contributed by atoms with Crippen LogP contribution in [0.3, 0.4) is 0 Å². The Morgan fingerprint density at radius 3 is 2.45 bits per heavy atom. The average molecular weight is 392 g/mol. The predicted molar refractivity (Wildman–Crippen MR) is 117 cm³/mol. The lowest BCUT2D eigenvalue weighted by atomic mass is 10.2. The summed E-state index contributed by atoms with van der Waals surface area (Å²) >= 11 is 0. The van der Waals surface area contributed by atoms with Gasteiger partial charge in [-0.05, 0) is 76.4 Å². The molecule has 0 N–H and O–H groups in total. The molecule has 0 bridgehead atoms. The van der Waals surface area contributed by atoms with Gasteiger partial charge in [-0.1, -0.05) is 12.1 Å². The van der Waals surface area contributed by atoms with Crippen LogP contribution in [0.1, 0.15) is 38.9 Å². The third kappa shape index (κ3) is 4.06. The molecule has 2 atom stereocenters. The van der Waals surface area contributed by atoms with Gasteiger partial charge in [-0.15, -0.1) is 0 Å². The number of benzene rings is 2. The molecule has 5 nitrogen and oxygen atoms in total. The highest BCUT2D eigenvalue weighted by molar-refractivity contribution is 5.77. The van der Waals surface area contributed by atoms with Gasteiger partial charge in [0, 0.05) is 18.6 Å². The van der Waals surface area contributed by atoms with Crippen LogP contribution in [0.4, 0.5) is 0 Å². The number of aryl methyl sites for hydroxylation is 1. The number of hydrogen-bond donors (Lipinski definition) is 0. The minimum atomic E-state index is -0.0457. The molecule has 1 unspecified atom stereocenters. The van der Waals surface area contributed by atoms with Crippen LogP contribution in [0.5, 0.6) is 5.75 Å². The molecular weight excluding hydrogens is 362 g/mol. The Hall–Kier alpha value is -2.66. The molecule has 1 aliphatic heterocycles. The van der Waals surface area contributed by atoms with E-state index in [0.717, 1.165) is 29.9 Å². The van der Waals surface area contributed by atoms with Gasteiger partial charge in [-0.2, -0.15) is 0 Å². The maximum Gasteiger partial charge on any atom is 0.265 e. The highest BCUT2D eigenvalue weighted by Crippen LogP contribution is 2.23. The van der Waals surface area contributed by atoms with Crippen LogP contribution >= 0.6 is 0 Å². The van der Waals surface area contributed by atoms with Crippen molar-refractivity contribution in [1.29, 1.82) is 0 Å². The van der Waals surface area contributed by atoms with Gasteiger partial charge < -0.3 is 4.74 Å². The summed E-state index contributed by atoms with van der Waals surface area (Å²) in [5.74, 6) is 1.51. The van der Waals surface area contributed by atoms with Crippen molar-refractivity contribution in [1.82, 2.24) is 14.5 Å². The van der Waals surface area contributed by atoms with E-state index in [9.17, 15) is 4.79 Å². The van der Waals surface area contributed by atoms with Crippen molar-refractivity contribution in [3.05, 3.63) is 64.7 Å². The molecule has 0 amide bonds. The van der Waals surface area contributed by atoms with E-state index in [1.165, 1.54) is 12.8 Å². The van der Waals surface area contributed by atoms with Crippen LogP contribution in [-0.4, -0.2) is 39.7 Å². The summed E-state index contributed by atoms with van der Waals surface area (Å²) in [6, 6.07) is 16.5. The zero-order chi connectivity index (χ0) is 20.4. The van der Waals surface area contributed by atoms with E-state index in [2.05, 4.69) is 23.7 Å². The number of likely N-dealkylation sites (tertiary alicyclic amines) is 1. The lowest BCUT2D eigenvalue weighted by molar-refractivity contribution is 0.191. The minimum Gasteiger partial charge on any atom is -0.494 e. The molecule has 0 spiro atoms. The Labute approximate surface area is 171 Å². The SMILES string of the molecule is Cc1nc2ccccc2c(=O)n1-c1ccc(OCCCN2C(C)CC[C@H]2C)cc1. The highest BCUT2D eigenvalue weighted by Gasteiger charge is 2.26. The van der Waals surface area contributed by atoms with Crippen LogP contribution in [-0.2, 0) is 0 Å². The van der Waals surface area contributed by atoms with Crippen molar-refractivity contribution in [3.63, 3.8) is 0 Å². The van der Waals surface area contributed by atoms with Gasteiger partial charge >= 0.3 is 0 Å². The standard InChI is InChI=1S/C24H29N3O2/c1-17-9-10-18(2)26(17)15-6-16-29-21-13-11-20(12-14-21)27-19(3)25-23-8-5-4-7-22(23)24(27)28/h4-5,7-8,11-14,17-18H,6,9-10,15-16H2,1-3H3/t17-,18?/m1/s1. The number of rotatable bonds is 6. The maximum absolute atomic E-state index is 12.9. The molecule has 1 aliphatic rings. The number of para-hydroxylation sites is 1. The van der Waals surface area contributed by atoms with Crippen LogP contribution in [0.25, 0.3) is 16.6 Å². The fourth-order valence-electron chi connectivity index (χ4n) is 4.37. The summed E-state index contributed by atoms with van der Waals surface area (Å²) in [7, 11) is 0. The van der Waals surface area contributed by atoms with Crippen molar-refractivity contribution in [3.8, 4) is 11.4 Å². The largest absolute Gasteiger partial charge is 0.494 e. The molecule has 2 aromatic carbocycles. The smallest absolute Gasteiger partial charge is 0.265 e. The Morgan fingerprint density at radius 2 is 1.72 bits per heavy atom. The van der Waals surface area contributed by atoms with Crippen LogP contribution in [0.15, 0.2) is 53.3 Å². The Balaban J connectivity index is 1.42. The molecule has 1 fully saturated rings. The van der Waals surface area contributed by atoms with Gasteiger partial charge in [0.15, 0.2) is 0 Å². The molecule has 0 aliphatic carbocycles. The first-order valence-electron chi connectivity index (χ1n) is 10.5. The van der Waals surface area contributed by atoms with Gasteiger partial charge in [0.2, 0.25) is 0 Å². The summed E-state index contributed by atoms with van der Waals surface area (Å²) in [5, 5.41) is 0.629. The van der Waals surface area contributed by atoms with E-state index in [0.29, 0.717) is 29.9 Å². The van der Waals surface area contributed by atoms with Crippen molar-refractivity contribution in [2.45, 2.75) is 52.1 Å². The molecule has 29 heavy (non-hydrogen) atoms. The van der Waals surface area contributed by atoms with Gasteiger partial charge in [-0.25, -0.2) is 4.98 Å². The second kappa shape index (κ2) is 8.37. The van der Waals surface area contributed by atoms with E-state index in [1.54, 1.807) is 4.57 Å². The van der Waals surface area contributed by atoms with Crippen LogP contribution < -0.4 is 10.3 Å².